The highest BCUT2D eigenvalue weighted by Gasteiger charge is 2.50. The van der Waals surface area contributed by atoms with Crippen molar-refractivity contribution in [2.45, 2.75) is 18.6 Å². The summed E-state index contributed by atoms with van der Waals surface area (Å²) in [5.74, 6) is -0.723. The third kappa shape index (κ3) is 3.04. The molecular weight excluding hydrogens is 338 g/mol. The number of amides is 1. The van der Waals surface area contributed by atoms with Crippen LogP contribution in [0.4, 0.5) is 5.69 Å². The molecule has 1 N–H and O–H groups in total. The van der Waals surface area contributed by atoms with E-state index >= 15 is 0 Å². The number of ketones is 1. The lowest BCUT2D eigenvalue weighted by Gasteiger charge is -2.23. The second kappa shape index (κ2) is 6.82. The zero-order valence-corrected chi connectivity index (χ0v) is 14.7. The third-order valence-electron chi connectivity index (χ3n) is 4.94. The molecule has 0 aliphatic carbocycles. The molecule has 0 bridgehead atoms. The van der Waals surface area contributed by atoms with Gasteiger partial charge in [-0.2, -0.15) is 0 Å². The van der Waals surface area contributed by atoms with Crippen LogP contribution in [0.15, 0.2) is 84.9 Å². The Morgan fingerprint density at radius 3 is 2.15 bits per heavy atom. The molecule has 0 saturated heterocycles. The minimum atomic E-state index is -1.85. The molecule has 134 valence electrons. The van der Waals surface area contributed by atoms with Gasteiger partial charge in [-0.1, -0.05) is 78.9 Å². The number of para-hydroxylation sites is 1. The van der Waals surface area contributed by atoms with Crippen LogP contribution in [0, 0.1) is 0 Å². The second-order valence-electron chi connectivity index (χ2n) is 6.72. The Labute approximate surface area is 157 Å². The zero-order chi connectivity index (χ0) is 18.9. The van der Waals surface area contributed by atoms with E-state index in [0.717, 1.165) is 5.56 Å². The molecule has 0 saturated carbocycles. The molecular formula is C23H19NO3. The van der Waals surface area contributed by atoms with Crippen LogP contribution in [0.2, 0.25) is 0 Å². The summed E-state index contributed by atoms with van der Waals surface area (Å²) in [4.78, 5) is 27.4. The number of rotatable bonds is 5. The van der Waals surface area contributed by atoms with E-state index in [1.165, 1.54) is 0 Å². The molecule has 1 unspecified atom stereocenters. The molecule has 3 aromatic carbocycles. The average molecular weight is 357 g/mol. The first-order valence-electron chi connectivity index (χ1n) is 8.85. The SMILES string of the molecule is O=C(CC1(O)C(=O)N(Cc2ccccc2)c2ccccc21)c1ccccc1. The van der Waals surface area contributed by atoms with Gasteiger partial charge in [0.25, 0.3) is 5.91 Å². The van der Waals surface area contributed by atoms with Gasteiger partial charge in [0.05, 0.1) is 18.7 Å². The number of carbonyl (C=O) groups excluding carboxylic acids is 2. The summed E-state index contributed by atoms with van der Waals surface area (Å²) in [7, 11) is 0. The predicted molar refractivity (Wildman–Crippen MR) is 103 cm³/mol. The molecule has 0 spiro atoms. The van der Waals surface area contributed by atoms with Gasteiger partial charge < -0.3 is 10.0 Å². The molecule has 1 heterocycles. The topological polar surface area (TPSA) is 57.6 Å². The highest BCUT2D eigenvalue weighted by molar-refractivity contribution is 6.10. The number of benzene rings is 3. The Bertz CT molecular complexity index is 985. The highest BCUT2D eigenvalue weighted by atomic mass is 16.3. The fourth-order valence-corrected chi connectivity index (χ4v) is 3.56. The maximum atomic E-state index is 13.2. The zero-order valence-electron chi connectivity index (χ0n) is 14.7. The lowest BCUT2D eigenvalue weighted by Crippen LogP contribution is -2.41. The number of fused-ring (bicyclic) bond motifs is 1. The second-order valence-corrected chi connectivity index (χ2v) is 6.72. The van der Waals surface area contributed by atoms with Crippen molar-refractivity contribution in [3.05, 3.63) is 102 Å². The van der Waals surface area contributed by atoms with Gasteiger partial charge in [-0.25, -0.2) is 0 Å². The number of anilines is 1. The standard InChI is InChI=1S/C23H19NO3/c25-21(18-11-5-2-6-12-18)15-23(27)19-13-7-8-14-20(19)24(22(23)26)16-17-9-3-1-4-10-17/h1-14,27H,15-16H2. The highest BCUT2D eigenvalue weighted by Crippen LogP contribution is 2.43. The molecule has 4 rings (SSSR count). The first-order chi connectivity index (χ1) is 13.1. The molecule has 4 nitrogen and oxygen atoms in total. The molecule has 0 fully saturated rings. The van der Waals surface area contributed by atoms with Crippen molar-refractivity contribution in [1.29, 1.82) is 0 Å². The van der Waals surface area contributed by atoms with Crippen molar-refractivity contribution in [2.24, 2.45) is 0 Å². The van der Waals surface area contributed by atoms with Gasteiger partial charge in [0.1, 0.15) is 0 Å². The van der Waals surface area contributed by atoms with E-state index in [9.17, 15) is 14.7 Å². The van der Waals surface area contributed by atoms with Crippen LogP contribution in [-0.2, 0) is 16.9 Å². The monoisotopic (exact) mass is 357 g/mol. The van der Waals surface area contributed by atoms with Crippen LogP contribution in [0.5, 0.6) is 0 Å². The number of aliphatic hydroxyl groups is 1. The summed E-state index contributed by atoms with van der Waals surface area (Å²) in [5.41, 5.74) is 0.722. The lowest BCUT2D eigenvalue weighted by molar-refractivity contribution is -0.136. The molecule has 1 amide bonds. The Kier molecular flexibility index (Phi) is 4.34. The van der Waals surface area contributed by atoms with Crippen molar-refractivity contribution in [3.63, 3.8) is 0 Å². The van der Waals surface area contributed by atoms with Crippen LogP contribution in [-0.4, -0.2) is 16.8 Å². The van der Waals surface area contributed by atoms with Gasteiger partial charge in [0.2, 0.25) is 0 Å². The first kappa shape index (κ1) is 17.2. The van der Waals surface area contributed by atoms with E-state index in [1.807, 2.05) is 42.5 Å². The van der Waals surface area contributed by atoms with Crippen LogP contribution >= 0.6 is 0 Å². The van der Waals surface area contributed by atoms with E-state index in [1.54, 1.807) is 47.4 Å². The van der Waals surface area contributed by atoms with E-state index in [-0.39, 0.29) is 12.2 Å². The first-order valence-corrected chi connectivity index (χ1v) is 8.85. The third-order valence-corrected chi connectivity index (χ3v) is 4.94. The van der Waals surface area contributed by atoms with Gasteiger partial charge in [0, 0.05) is 11.1 Å². The van der Waals surface area contributed by atoms with E-state index in [2.05, 4.69) is 0 Å². The number of hydrogen-bond donors (Lipinski definition) is 1. The van der Waals surface area contributed by atoms with Gasteiger partial charge in [-0.15, -0.1) is 0 Å². The fraction of sp³-hybridized carbons (Fsp3) is 0.130. The molecule has 0 radical (unpaired) electrons. The minimum Gasteiger partial charge on any atom is -0.375 e. The predicted octanol–water partition coefficient (Wildman–Crippen LogP) is 3.69. The summed E-state index contributed by atoms with van der Waals surface area (Å²) >= 11 is 0. The summed E-state index contributed by atoms with van der Waals surface area (Å²) in [6.45, 7) is 0.346. The lowest BCUT2D eigenvalue weighted by atomic mass is 9.88. The maximum absolute atomic E-state index is 13.2. The van der Waals surface area contributed by atoms with Crippen molar-refractivity contribution in [3.8, 4) is 0 Å². The molecule has 0 aromatic heterocycles. The molecule has 1 atom stereocenters. The van der Waals surface area contributed by atoms with Gasteiger partial charge in [-0.05, 0) is 11.6 Å². The van der Waals surface area contributed by atoms with Crippen molar-refractivity contribution < 1.29 is 14.7 Å². The summed E-state index contributed by atoms with van der Waals surface area (Å²) < 4.78 is 0. The Balaban J connectivity index is 1.69. The van der Waals surface area contributed by atoms with E-state index in [4.69, 9.17) is 0 Å². The van der Waals surface area contributed by atoms with Gasteiger partial charge in [-0.3, -0.25) is 9.59 Å². The van der Waals surface area contributed by atoms with Crippen LogP contribution in [0.3, 0.4) is 0 Å². The summed E-state index contributed by atoms with van der Waals surface area (Å²) in [6, 6.07) is 25.5. The molecule has 3 aromatic rings. The summed E-state index contributed by atoms with van der Waals surface area (Å²) in [6.07, 6.45) is -0.280. The van der Waals surface area contributed by atoms with Crippen LogP contribution in [0.25, 0.3) is 0 Å². The number of carbonyl (C=O) groups is 2. The molecule has 1 aliphatic rings. The Morgan fingerprint density at radius 2 is 1.44 bits per heavy atom. The molecule has 4 heteroatoms. The molecule has 27 heavy (non-hydrogen) atoms. The van der Waals surface area contributed by atoms with Crippen LogP contribution in [0.1, 0.15) is 27.9 Å². The van der Waals surface area contributed by atoms with E-state index < -0.39 is 11.5 Å². The van der Waals surface area contributed by atoms with Crippen LogP contribution < -0.4 is 4.90 Å². The fourth-order valence-electron chi connectivity index (χ4n) is 3.56. The number of nitrogens with zero attached hydrogens (tertiary/aromatic N) is 1. The largest absolute Gasteiger partial charge is 0.375 e. The Hall–Kier alpha value is -3.24. The quantitative estimate of drug-likeness (QED) is 0.709. The Morgan fingerprint density at radius 1 is 0.852 bits per heavy atom. The minimum absolute atomic E-state index is 0.261. The number of Topliss-reactive ketones (excluding diaryl/α,β-unsaturated/α-hetero) is 1. The maximum Gasteiger partial charge on any atom is 0.264 e. The van der Waals surface area contributed by atoms with Crippen molar-refractivity contribution in [1.82, 2.24) is 0 Å². The smallest absolute Gasteiger partial charge is 0.264 e. The average Bonchev–Trinajstić information content (AvgIpc) is 2.92. The normalized spacial score (nSPS) is 18.4. The summed E-state index contributed by atoms with van der Waals surface area (Å²) in [5, 5.41) is 11.3. The van der Waals surface area contributed by atoms with Gasteiger partial charge in [0.15, 0.2) is 11.4 Å². The van der Waals surface area contributed by atoms with E-state index in [0.29, 0.717) is 23.4 Å². The van der Waals surface area contributed by atoms with Gasteiger partial charge >= 0.3 is 0 Å². The number of hydrogen-bond acceptors (Lipinski definition) is 3. The van der Waals surface area contributed by atoms with Crippen molar-refractivity contribution >= 4 is 17.4 Å². The van der Waals surface area contributed by atoms with Crippen molar-refractivity contribution in [2.75, 3.05) is 4.90 Å². The molecule has 1 aliphatic heterocycles.